The molecule has 3 N–H and O–H groups in total. The van der Waals surface area contributed by atoms with Crippen LogP contribution in [0, 0.1) is 19.7 Å². The first-order chi connectivity index (χ1) is 13.4. The number of halogens is 1. The lowest BCUT2D eigenvalue weighted by molar-refractivity contribution is 0.632. The Labute approximate surface area is 163 Å². The van der Waals surface area contributed by atoms with E-state index in [2.05, 4.69) is 4.37 Å². The van der Waals surface area contributed by atoms with E-state index in [0.29, 0.717) is 27.2 Å². The van der Waals surface area contributed by atoms with Gasteiger partial charge >= 0.3 is 0 Å². The number of rotatable bonds is 2. The molecule has 0 unspecified atom stereocenters. The summed E-state index contributed by atoms with van der Waals surface area (Å²) in [6.45, 7) is 3.79. The van der Waals surface area contributed by atoms with Gasteiger partial charge in [0.1, 0.15) is 16.0 Å². The third-order valence-corrected chi connectivity index (χ3v) is 6.53. The summed E-state index contributed by atoms with van der Waals surface area (Å²) in [4.78, 5) is 25.7. The summed E-state index contributed by atoms with van der Waals surface area (Å²) < 4.78 is 19.8. The number of nitrogens with zero attached hydrogens (tertiary/aromatic N) is 1. The number of pyridine rings is 1. The molecule has 7 heteroatoms. The molecular formula is C21H18FN3O2S. The molecule has 5 nitrogen and oxygen atoms in total. The van der Waals surface area contributed by atoms with Crippen LogP contribution < -0.4 is 16.7 Å². The standard InChI is InChI=1S/C21H18FN3O2S/c1-9-3-6-12(10(2)18(9)23)13-8-16-14(7-15(13)22)19(26)17-20(27)24-28-21(17)25(16)11-4-5-11/h3,6-8,11H,4-5,23H2,1-2H3,(H,24,27). The monoisotopic (exact) mass is 395 g/mol. The smallest absolute Gasteiger partial charge is 0.271 e. The minimum atomic E-state index is -0.496. The summed E-state index contributed by atoms with van der Waals surface area (Å²) in [5, 5.41) is 0.356. The van der Waals surface area contributed by atoms with Gasteiger partial charge < -0.3 is 10.3 Å². The van der Waals surface area contributed by atoms with Gasteiger partial charge in [-0.25, -0.2) is 4.39 Å². The maximum Gasteiger partial charge on any atom is 0.271 e. The average molecular weight is 395 g/mol. The van der Waals surface area contributed by atoms with Gasteiger partial charge in [-0.1, -0.05) is 12.1 Å². The maximum absolute atomic E-state index is 15.1. The lowest BCUT2D eigenvalue weighted by atomic mass is 9.95. The van der Waals surface area contributed by atoms with Gasteiger partial charge in [0.25, 0.3) is 5.56 Å². The van der Waals surface area contributed by atoms with Crippen molar-refractivity contribution in [1.82, 2.24) is 8.94 Å². The minimum Gasteiger partial charge on any atom is -0.398 e. The minimum absolute atomic E-state index is 0.118. The number of nitrogens with two attached hydrogens (primary N) is 1. The van der Waals surface area contributed by atoms with E-state index in [9.17, 15) is 9.59 Å². The van der Waals surface area contributed by atoms with Gasteiger partial charge in [0.2, 0.25) is 5.43 Å². The molecular weight excluding hydrogens is 377 g/mol. The van der Waals surface area contributed by atoms with E-state index in [0.717, 1.165) is 35.5 Å². The molecule has 28 heavy (non-hydrogen) atoms. The molecule has 142 valence electrons. The Morgan fingerprint density at radius 1 is 1.18 bits per heavy atom. The molecule has 4 aromatic rings. The van der Waals surface area contributed by atoms with E-state index in [1.54, 1.807) is 6.07 Å². The highest BCUT2D eigenvalue weighted by molar-refractivity contribution is 7.12. The van der Waals surface area contributed by atoms with Crippen molar-refractivity contribution in [3.8, 4) is 11.1 Å². The number of nitrogen functional groups attached to an aromatic ring is 1. The van der Waals surface area contributed by atoms with Crippen LogP contribution in [-0.4, -0.2) is 8.94 Å². The summed E-state index contributed by atoms with van der Waals surface area (Å²) in [6.07, 6.45) is 1.95. The van der Waals surface area contributed by atoms with Crippen molar-refractivity contribution in [2.45, 2.75) is 32.7 Å². The van der Waals surface area contributed by atoms with Crippen molar-refractivity contribution in [1.29, 1.82) is 0 Å². The van der Waals surface area contributed by atoms with Gasteiger partial charge in [-0.15, -0.1) is 0 Å². The van der Waals surface area contributed by atoms with Crippen LogP contribution in [-0.2, 0) is 0 Å². The molecule has 2 aromatic carbocycles. The number of H-pyrrole nitrogens is 1. The number of hydrogen-bond acceptors (Lipinski definition) is 4. The molecule has 0 aliphatic heterocycles. The van der Waals surface area contributed by atoms with Crippen LogP contribution in [0.15, 0.2) is 33.9 Å². The molecule has 0 atom stereocenters. The largest absolute Gasteiger partial charge is 0.398 e. The lowest BCUT2D eigenvalue weighted by Crippen LogP contribution is -2.15. The molecule has 5 rings (SSSR count). The molecule has 2 heterocycles. The lowest BCUT2D eigenvalue weighted by Gasteiger charge is -2.16. The third-order valence-electron chi connectivity index (χ3n) is 5.65. The fourth-order valence-corrected chi connectivity index (χ4v) is 4.83. The van der Waals surface area contributed by atoms with Crippen LogP contribution in [0.1, 0.15) is 30.0 Å². The maximum atomic E-state index is 15.1. The number of aromatic amines is 1. The van der Waals surface area contributed by atoms with Crippen molar-refractivity contribution in [2.75, 3.05) is 5.73 Å². The van der Waals surface area contributed by atoms with Crippen LogP contribution in [0.25, 0.3) is 32.2 Å². The van der Waals surface area contributed by atoms with Crippen molar-refractivity contribution in [2.24, 2.45) is 0 Å². The van der Waals surface area contributed by atoms with E-state index in [-0.39, 0.29) is 16.8 Å². The average Bonchev–Trinajstić information content (AvgIpc) is 3.43. The van der Waals surface area contributed by atoms with Gasteiger partial charge in [0.05, 0.1) is 5.52 Å². The van der Waals surface area contributed by atoms with Crippen LogP contribution in [0.5, 0.6) is 0 Å². The summed E-state index contributed by atoms with van der Waals surface area (Å²) in [6, 6.07) is 6.94. The molecule has 1 fully saturated rings. The summed E-state index contributed by atoms with van der Waals surface area (Å²) in [5.74, 6) is -0.496. The van der Waals surface area contributed by atoms with E-state index in [1.807, 2.05) is 30.5 Å². The highest BCUT2D eigenvalue weighted by Gasteiger charge is 2.29. The number of benzene rings is 2. The molecule has 0 spiro atoms. The first kappa shape index (κ1) is 17.2. The number of anilines is 1. The normalized spacial score (nSPS) is 14.2. The van der Waals surface area contributed by atoms with E-state index < -0.39 is 16.8 Å². The van der Waals surface area contributed by atoms with Gasteiger partial charge in [-0.3, -0.25) is 14.0 Å². The Balaban J connectivity index is 1.93. The zero-order valence-corrected chi connectivity index (χ0v) is 16.2. The van der Waals surface area contributed by atoms with Crippen LogP contribution in [0.3, 0.4) is 0 Å². The highest BCUT2D eigenvalue weighted by atomic mass is 32.1. The molecule has 0 bridgehead atoms. The van der Waals surface area contributed by atoms with Crippen molar-refractivity contribution < 1.29 is 4.39 Å². The second kappa shape index (κ2) is 5.78. The quantitative estimate of drug-likeness (QED) is 0.498. The van der Waals surface area contributed by atoms with Gasteiger partial charge in [0, 0.05) is 22.7 Å². The Morgan fingerprint density at radius 3 is 2.64 bits per heavy atom. The molecule has 0 saturated heterocycles. The first-order valence-electron chi connectivity index (χ1n) is 9.13. The summed E-state index contributed by atoms with van der Waals surface area (Å²) in [7, 11) is 0. The van der Waals surface area contributed by atoms with Crippen LogP contribution in [0.2, 0.25) is 0 Å². The Hall–Kier alpha value is -2.93. The Bertz CT molecular complexity index is 1410. The zero-order valence-electron chi connectivity index (χ0n) is 15.4. The molecule has 2 aromatic heterocycles. The fraction of sp³-hybridized carbons (Fsp3) is 0.238. The number of hydrogen-bond donors (Lipinski definition) is 2. The molecule has 0 radical (unpaired) electrons. The number of fused-ring (bicyclic) bond motifs is 2. The number of aromatic nitrogens is 2. The van der Waals surface area contributed by atoms with E-state index in [1.165, 1.54) is 6.07 Å². The van der Waals surface area contributed by atoms with Crippen LogP contribution >= 0.6 is 11.5 Å². The Kier molecular flexibility index (Phi) is 3.55. The van der Waals surface area contributed by atoms with E-state index >= 15 is 4.39 Å². The molecule has 0 amide bonds. The summed E-state index contributed by atoms with van der Waals surface area (Å²) >= 11 is 1.16. The molecule has 1 saturated carbocycles. The van der Waals surface area contributed by atoms with Crippen LogP contribution in [0.4, 0.5) is 10.1 Å². The van der Waals surface area contributed by atoms with Gasteiger partial charge in [0.15, 0.2) is 0 Å². The van der Waals surface area contributed by atoms with Gasteiger partial charge in [-0.05, 0) is 67.0 Å². The first-order valence-corrected chi connectivity index (χ1v) is 9.95. The predicted molar refractivity (Wildman–Crippen MR) is 112 cm³/mol. The van der Waals surface area contributed by atoms with E-state index in [4.69, 9.17) is 5.73 Å². The second-order valence-corrected chi connectivity index (χ2v) is 8.26. The Morgan fingerprint density at radius 2 is 1.93 bits per heavy atom. The predicted octanol–water partition coefficient (Wildman–Crippen LogP) is 4.24. The SMILES string of the molecule is Cc1ccc(-c2cc3c(cc2F)c(=O)c2c(=O)[nH]sc2n3C2CC2)c(C)c1N. The topological polar surface area (TPSA) is 80.9 Å². The van der Waals surface area contributed by atoms with Crippen molar-refractivity contribution in [3.63, 3.8) is 0 Å². The fourth-order valence-electron chi connectivity index (χ4n) is 3.91. The number of aryl methyl sites for hydroxylation is 1. The third kappa shape index (κ3) is 2.29. The van der Waals surface area contributed by atoms with Crippen molar-refractivity contribution in [3.05, 3.63) is 61.8 Å². The number of nitrogens with one attached hydrogen (secondary N) is 1. The summed E-state index contributed by atoms with van der Waals surface area (Å²) in [5.41, 5.74) is 9.49. The molecule has 1 aliphatic rings. The zero-order chi connectivity index (χ0) is 19.7. The highest BCUT2D eigenvalue weighted by Crippen LogP contribution is 2.41. The van der Waals surface area contributed by atoms with Crippen molar-refractivity contribution >= 4 is 38.3 Å². The second-order valence-electron chi connectivity index (χ2n) is 7.46. The molecule has 1 aliphatic carbocycles. The van der Waals surface area contributed by atoms with Gasteiger partial charge in [-0.2, -0.15) is 0 Å².